The largest absolute Gasteiger partial charge is 0.389 e. The van der Waals surface area contributed by atoms with Gasteiger partial charge in [-0.25, -0.2) is 0 Å². The van der Waals surface area contributed by atoms with Crippen molar-refractivity contribution in [2.45, 2.75) is 39.0 Å². The predicted octanol–water partition coefficient (Wildman–Crippen LogP) is 2.88. The van der Waals surface area contributed by atoms with E-state index in [1.807, 2.05) is 0 Å². The number of amides is 1. The molecule has 0 aromatic heterocycles. The first-order valence-corrected chi connectivity index (χ1v) is 6.13. The third-order valence-corrected chi connectivity index (χ3v) is 2.36. The van der Waals surface area contributed by atoms with Crippen LogP contribution in [0, 0.1) is 0 Å². The van der Waals surface area contributed by atoms with Crippen molar-refractivity contribution in [1.29, 1.82) is 0 Å². The van der Waals surface area contributed by atoms with Crippen molar-refractivity contribution in [3.63, 3.8) is 0 Å². The van der Waals surface area contributed by atoms with E-state index in [-0.39, 0.29) is 5.91 Å². The maximum Gasteiger partial charge on any atom is 0.224 e. The number of hydrogen-bond donors (Lipinski definition) is 2. The fraction of sp³-hybridized carbons (Fsp3) is 0.500. The lowest BCUT2D eigenvalue weighted by atomic mass is 10.1. The lowest BCUT2D eigenvalue weighted by Gasteiger charge is -2.04. The molecule has 0 bridgehead atoms. The summed E-state index contributed by atoms with van der Waals surface area (Å²) in [5, 5.41) is 5.63. The highest BCUT2D eigenvalue weighted by Crippen LogP contribution is 2.02. The van der Waals surface area contributed by atoms with Crippen LogP contribution >= 0.6 is 0 Å². The SMILES string of the molecule is C=C(/C=C\C(=C)NC(=O)CCCCCC)NC. The van der Waals surface area contributed by atoms with Crippen molar-refractivity contribution in [2.24, 2.45) is 0 Å². The van der Waals surface area contributed by atoms with Crippen LogP contribution in [-0.2, 0) is 4.79 Å². The number of carbonyl (C=O) groups excluding carboxylic acids is 1. The summed E-state index contributed by atoms with van der Waals surface area (Å²) in [4.78, 5) is 11.5. The molecule has 0 aromatic rings. The third kappa shape index (κ3) is 9.42. The molecule has 0 aliphatic heterocycles. The number of rotatable bonds is 9. The van der Waals surface area contributed by atoms with E-state index in [2.05, 4.69) is 30.7 Å². The monoisotopic (exact) mass is 236 g/mol. The van der Waals surface area contributed by atoms with Crippen molar-refractivity contribution >= 4 is 5.91 Å². The highest BCUT2D eigenvalue weighted by Gasteiger charge is 2.00. The Morgan fingerprint density at radius 3 is 2.35 bits per heavy atom. The third-order valence-electron chi connectivity index (χ3n) is 2.36. The van der Waals surface area contributed by atoms with Crippen molar-refractivity contribution in [3.05, 3.63) is 36.7 Å². The molecule has 0 fully saturated rings. The van der Waals surface area contributed by atoms with Gasteiger partial charge in [-0.1, -0.05) is 39.3 Å². The van der Waals surface area contributed by atoms with Gasteiger partial charge in [0.05, 0.1) is 0 Å². The van der Waals surface area contributed by atoms with Gasteiger partial charge in [0.25, 0.3) is 0 Å². The van der Waals surface area contributed by atoms with Crippen molar-refractivity contribution in [3.8, 4) is 0 Å². The summed E-state index contributed by atoms with van der Waals surface area (Å²) < 4.78 is 0. The molecule has 0 atom stereocenters. The topological polar surface area (TPSA) is 41.1 Å². The first-order valence-electron chi connectivity index (χ1n) is 6.13. The van der Waals surface area contributed by atoms with Gasteiger partial charge in [-0.3, -0.25) is 4.79 Å². The molecule has 17 heavy (non-hydrogen) atoms. The molecule has 0 heterocycles. The minimum absolute atomic E-state index is 0.0332. The molecule has 96 valence electrons. The molecule has 0 spiro atoms. The van der Waals surface area contributed by atoms with Crippen LogP contribution in [-0.4, -0.2) is 13.0 Å². The molecule has 2 N–H and O–H groups in total. The average Bonchev–Trinajstić information content (AvgIpc) is 2.31. The van der Waals surface area contributed by atoms with Crippen LogP contribution in [0.25, 0.3) is 0 Å². The van der Waals surface area contributed by atoms with Gasteiger partial charge in [0, 0.05) is 24.9 Å². The van der Waals surface area contributed by atoms with Crippen LogP contribution in [0.5, 0.6) is 0 Å². The Kier molecular flexibility index (Phi) is 8.84. The summed E-state index contributed by atoms with van der Waals surface area (Å²) in [6.45, 7) is 9.65. The van der Waals surface area contributed by atoms with Crippen LogP contribution in [0.4, 0.5) is 0 Å². The van der Waals surface area contributed by atoms with Crippen LogP contribution in [0.2, 0.25) is 0 Å². The van der Waals surface area contributed by atoms with Gasteiger partial charge in [-0.2, -0.15) is 0 Å². The molecule has 0 aliphatic carbocycles. The molecule has 3 nitrogen and oxygen atoms in total. The summed E-state index contributed by atoms with van der Waals surface area (Å²) in [7, 11) is 1.79. The Morgan fingerprint density at radius 1 is 1.12 bits per heavy atom. The number of nitrogens with one attached hydrogen (secondary N) is 2. The molecule has 0 rings (SSSR count). The van der Waals surface area contributed by atoms with E-state index in [0.29, 0.717) is 12.1 Å². The normalized spacial score (nSPS) is 10.2. The minimum Gasteiger partial charge on any atom is -0.389 e. The molecule has 3 heteroatoms. The number of hydrogen-bond acceptors (Lipinski definition) is 2. The van der Waals surface area contributed by atoms with Crippen LogP contribution < -0.4 is 10.6 Å². The Hall–Kier alpha value is -1.51. The lowest BCUT2D eigenvalue weighted by Crippen LogP contribution is -2.20. The number of carbonyl (C=O) groups is 1. The Balaban J connectivity index is 3.77. The summed E-state index contributed by atoms with van der Waals surface area (Å²) in [6.07, 6.45) is 8.52. The highest BCUT2D eigenvalue weighted by molar-refractivity contribution is 5.78. The first kappa shape index (κ1) is 15.5. The van der Waals surface area contributed by atoms with Gasteiger partial charge in [-0.15, -0.1) is 0 Å². The van der Waals surface area contributed by atoms with Gasteiger partial charge < -0.3 is 10.6 Å². The molecular formula is C14H24N2O. The zero-order valence-corrected chi connectivity index (χ0v) is 11.0. The van der Waals surface area contributed by atoms with Gasteiger partial charge in [0.1, 0.15) is 0 Å². The average molecular weight is 236 g/mol. The molecule has 1 amide bonds. The van der Waals surface area contributed by atoms with E-state index in [9.17, 15) is 4.79 Å². The van der Waals surface area contributed by atoms with E-state index in [1.54, 1.807) is 19.2 Å². The molecular weight excluding hydrogens is 212 g/mol. The van der Waals surface area contributed by atoms with E-state index < -0.39 is 0 Å². The van der Waals surface area contributed by atoms with Crippen molar-refractivity contribution in [1.82, 2.24) is 10.6 Å². The fourth-order valence-electron chi connectivity index (χ4n) is 1.28. The summed E-state index contributed by atoms with van der Waals surface area (Å²) in [6, 6.07) is 0. The minimum atomic E-state index is 0.0332. The Labute approximate surface area is 105 Å². The zero-order chi connectivity index (χ0) is 13.1. The van der Waals surface area contributed by atoms with Gasteiger partial charge >= 0.3 is 0 Å². The lowest BCUT2D eigenvalue weighted by molar-refractivity contribution is -0.120. The standard InChI is InChI=1S/C14H24N2O/c1-5-6-7-8-9-14(17)16-13(3)11-10-12(2)15-4/h10-11,15H,2-3,5-9H2,1,4H3,(H,16,17)/b11-10-. The maximum atomic E-state index is 11.5. The van der Waals surface area contributed by atoms with Crippen LogP contribution in [0.15, 0.2) is 36.7 Å². The second-order valence-electron chi connectivity index (χ2n) is 3.99. The van der Waals surface area contributed by atoms with Crippen molar-refractivity contribution < 1.29 is 4.79 Å². The molecule has 0 saturated heterocycles. The predicted molar refractivity (Wildman–Crippen MR) is 73.4 cm³/mol. The van der Waals surface area contributed by atoms with Gasteiger partial charge in [0.2, 0.25) is 5.91 Å². The number of unbranched alkanes of at least 4 members (excludes halogenated alkanes) is 3. The van der Waals surface area contributed by atoms with E-state index in [1.165, 1.54) is 12.8 Å². The van der Waals surface area contributed by atoms with E-state index in [0.717, 1.165) is 18.5 Å². The quantitative estimate of drug-likeness (QED) is 0.477. The van der Waals surface area contributed by atoms with Gasteiger partial charge in [0.15, 0.2) is 0 Å². The van der Waals surface area contributed by atoms with Crippen molar-refractivity contribution in [2.75, 3.05) is 7.05 Å². The first-order chi connectivity index (χ1) is 8.10. The summed E-state index contributed by atoms with van der Waals surface area (Å²) in [5.41, 5.74) is 1.38. The molecule has 0 aromatic carbocycles. The highest BCUT2D eigenvalue weighted by atomic mass is 16.1. The summed E-state index contributed by atoms with van der Waals surface area (Å²) >= 11 is 0. The molecule has 0 unspecified atom stereocenters. The van der Waals surface area contributed by atoms with E-state index >= 15 is 0 Å². The smallest absolute Gasteiger partial charge is 0.224 e. The summed E-state index contributed by atoms with van der Waals surface area (Å²) in [5.74, 6) is 0.0332. The Bertz CT molecular complexity index is 293. The molecule has 0 radical (unpaired) electrons. The maximum absolute atomic E-state index is 11.5. The molecule has 0 aliphatic rings. The number of allylic oxidation sites excluding steroid dienone is 2. The second kappa shape index (κ2) is 9.70. The molecule has 0 saturated carbocycles. The van der Waals surface area contributed by atoms with Gasteiger partial charge in [-0.05, 0) is 18.6 Å². The fourth-order valence-corrected chi connectivity index (χ4v) is 1.28. The zero-order valence-electron chi connectivity index (χ0n) is 11.0. The van der Waals surface area contributed by atoms with Crippen LogP contribution in [0.1, 0.15) is 39.0 Å². The Morgan fingerprint density at radius 2 is 1.76 bits per heavy atom. The number of likely N-dealkylation sites (N-methyl/N-ethyl adjacent to an activating group) is 1. The van der Waals surface area contributed by atoms with E-state index in [4.69, 9.17) is 0 Å². The van der Waals surface area contributed by atoms with Crippen LogP contribution in [0.3, 0.4) is 0 Å². The second-order valence-corrected chi connectivity index (χ2v) is 3.99.